The Hall–Kier alpha value is -0.330. The third-order valence-corrected chi connectivity index (χ3v) is 5.13. The first kappa shape index (κ1) is 22.7. The molecule has 1 nitrogen and oxygen atoms in total. The fourth-order valence-electron chi connectivity index (χ4n) is 3.39. The van der Waals surface area contributed by atoms with Crippen LogP contribution in [0.25, 0.3) is 0 Å². The molecule has 0 bridgehead atoms. The highest BCUT2D eigenvalue weighted by Crippen LogP contribution is 2.18. The number of unbranched alkanes of at least 4 members (excludes halogenated alkanes) is 12. The molecule has 0 saturated carbocycles. The molecule has 0 saturated heterocycles. The third kappa shape index (κ3) is 15.0. The summed E-state index contributed by atoms with van der Waals surface area (Å²) >= 11 is 0. The Bertz CT molecular complexity index is 246. The van der Waals surface area contributed by atoms with E-state index in [1.54, 1.807) is 0 Å². The first-order valence-corrected chi connectivity index (χ1v) is 10.8. The highest BCUT2D eigenvalue weighted by atomic mass is 16.1. The summed E-state index contributed by atoms with van der Waals surface area (Å²) in [5.74, 6) is 0.885. The molecule has 0 N–H and O–H groups in total. The van der Waals surface area contributed by atoms with Gasteiger partial charge in [-0.1, -0.05) is 104 Å². The van der Waals surface area contributed by atoms with Crippen LogP contribution in [0.3, 0.4) is 0 Å². The van der Waals surface area contributed by atoms with Crippen LogP contribution in [-0.4, -0.2) is 5.78 Å². The second-order valence-electron chi connectivity index (χ2n) is 7.35. The van der Waals surface area contributed by atoms with Gasteiger partial charge >= 0.3 is 0 Å². The van der Waals surface area contributed by atoms with Crippen molar-refractivity contribution in [1.29, 1.82) is 0 Å². The van der Waals surface area contributed by atoms with Gasteiger partial charge in [-0.15, -0.1) is 0 Å². The van der Waals surface area contributed by atoms with Crippen molar-refractivity contribution in [1.82, 2.24) is 0 Å². The summed E-state index contributed by atoms with van der Waals surface area (Å²) in [5, 5.41) is 0. The number of Topliss-reactive ketones (excluding diaryl/α,β-unsaturated/α-hetero) is 1. The molecule has 138 valence electrons. The van der Waals surface area contributed by atoms with Gasteiger partial charge in [0.2, 0.25) is 0 Å². The summed E-state index contributed by atoms with van der Waals surface area (Å²) in [6, 6.07) is 0. The topological polar surface area (TPSA) is 17.1 Å². The molecule has 0 aliphatic carbocycles. The van der Waals surface area contributed by atoms with Crippen molar-refractivity contribution in [2.75, 3.05) is 0 Å². The highest BCUT2D eigenvalue weighted by molar-refractivity contribution is 5.80. The van der Waals surface area contributed by atoms with E-state index in [2.05, 4.69) is 20.8 Å². The van der Waals surface area contributed by atoms with Crippen molar-refractivity contribution in [2.24, 2.45) is 5.92 Å². The van der Waals surface area contributed by atoms with Crippen molar-refractivity contribution in [3.8, 4) is 0 Å². The maximum absolute atomic E-state index is 12.2. The van der Waals surface area contributed by atoms with Gasteiger partial charge in [0.25, 0.3) is 0 Å². The van der Waals surface area contributed by atoms with Crippen LogP contribution in [0.1, 0.15) is 130 Å². The molecule has 1 heteroatoms. The number of hydrogen-bond acceptors (Lipinski definition) is 1. The van der Waals surface area contributed by atoms with E-state index < -0.39 is 0 Å². The Labute approximate surface area is 147 Å². The maximum atomic E-state index is 12.2. The minimum absolute atomic E-state index is 0.350. The lowest BCUT2D eigenvalue weighted by Crippen LogP contribution is -2.13. The normalized spacial score (nSPS) is 12.5. The monoisotopic (exact) mass is 324 g/mol. The van der Waals surface area contributed by atoms with E-state index in [9.17, 15) is 4.79 Å². The highest BCUT2D eigenvalue weighted by Gasteiger charge is 2.14. The van der Waals surface area contributed by atoms with Crippen LogP contribution in [-0.2, 0) is 4.79 Å². The Balaban J connectivity index is 3.33. The van der Waals surface area contributed by atoms with Crippen molar-refractivity contribution in [3.05, 3.63) is 0 Å². The average Bonchev–Trinajstić information content (AvgIpc) is 2.56. The van der Waals surface area contributed by atoms with Crippen LogP contribution in [0.15, 0.2) is 0 Å². The molecule has 0 spiro atoms. The minimum atomic E-state index is 0.350. The number of rotatable bonds is 18. The van der Waals surface area contributed by atoms with Gasteiger partial charge in [-0.2, -0.15) is 0 Å². The van der Waals surface area contributed by atoms with Crippen molar-refractivity contribution >= 4 is 5.78 Å². The molecule has 0 rings (SSSR count). The van der Waals surface area contributed by atoms with E-state index in [4.69, 9.17) is 0 Å². The molecule has 0 aliphatic rings. The van der Waals surface area contributed by atoms with Gasteiger partial charge in [-0.05, 0) is 19.3 Å². The lowest BCUT2D eigenvalue weighted by molar-refractivity contribution is -0.123. The number of hydrogen-bond donors (Lipinski definition) is 0. The molecule has 0 fully saturated rings. The fraction of sp³-hybridized carbons (Fsp3) is 0.955. The molecule has 0 amide bonds. The molecular formula is C22H44O. The van der Waals surface area contributed by atoms with Gasteiger partial charge in [0.15, 0.2) is 0 Å². The third-order valence-electron chi connectivity index (χ3n) is 5.13. The van der Waals surface area contributed by atoms with E-state index in [0.717, 1.165) is 25.7 Å². The second kappa shape index (κ2) is 18.0. The first-order chi connectivity index (χ1) is 11.3. The van der Waals surface area contributed by atoms with E-state index in [1.807, 2.05) is 0 Å². The average molecular weight is 325 g/mol. The number of carbonyl (C=O) groups excluding carboxylic acids is 1. The number of ketones is 1. The predicted octanol–water partition coefficient (Wildman–Crippen LogP) is 7.86. The van der Waals surface area contributed by atoms with Gasteiger partial charge in [-0.25, -0.2) is 0 Å². The summed E-state index contributed by atoms with van der Waals surface area (Å²) in [5.41, 5.74) is 0. The van der Waals surface area contributed by atoms with Gasteiger partial charge in [0.1, 0.15) is 5.78 Å². The van der Waals surface area contributed by atoms with E-state index >= 15 is 0 Å². The fourth-order valence-corrected chi connectivity index (χ4v) is 3.39. The van der Waals surface area contributed by atoms with Crippen LogP contribution in [0.4, 0.5) is 0 Å². The van der Waals surface area contributed by atoms with E-state index in [-0.39, 0.29) is 0 Å². The lowest BCUT2D eigenvalue weighted by atomic mass is 9.91. The van der Waals surface area contributed by atoms with Crippen molar-refractivity contribution in [2.45, 2.75) is 130 Å². The summed E-state index contributed by atoms with van der Waals surface area (Å²) in [4.78, 5) is 12.2. The van der Waals surface area contributed by atoms with Crippen LogP contribution in [0.5, 0.6) is 0 Å². The van der Waals surface area contributed by atoms with Gasteiger partial charge in [0, 0.05) is 12.3 Å². The molecule has 1 atom stereocenters. The van der Waals surface area contributed by atoms with Gasteiger partial charge in [-0.3, -0.25) is 4.79 Å². The summed E-state index contributed by atoms with van der Waals surface area (Å²) in [6.07, 6.45) is 21.8. The van der Waals surface area contributed by atoms with Gasteiger partial charge in [0.05, 0.1) is 0 Å². The van der Waals surface area contributed by atoms with Crippen LogP contribution >= 0.6 is 0 Å². The first-order valence-electron chi connectivity index (χ1n) is 10.8. The molecule has 23 heavy (non-hydrogen) atoms. The molecular weight excluding hydrogens is 280 g/mol. The molecule has 0 radical (unpaired) electrons. The Kier molecular flexibility index (Phi) is 17.8. The molecule has 0 aromatic heterocycles. The Morgan fingerprint density at radius 3 is 1.48 bits per heavy atom. The zero-order chi connectivity index (χ0) is 17.2. The van der Waals surface area contributed by atoms with Crippen LogP contribution < -0.4 is 0 Å². The molecule has 0 aromatic rings. The molecule has 1 unspecified atom stereocenters. The molecule has 0 aromatic carbocycles. The second-order valence-corrected chi connectivity index (χ2v) is 7.35. The van der Waals surface area contributed by atoms with Crippen LogP contribution in [0.2, 0.25) is 0 Å². The number of carbonyl (C=O) groups is 1. The summed E-state index contributed by atoms with van der Waals surface area (Å²) in [6.45, 7) is 6.66. The van der Waals surface area contributed by atoms with E-state index in [0.29, 0.717) is 11.7 Å². The summed E-state index contributed by atoms with van der Waals surface area (Å²) in [7, 11) is 0. The Morgan fingerprint density at radius 1 is 0.609 bits per heavy atom. The minimum Gasteiger partial charge on any atom is -0.299 e. The van der Waals surface area contributed by atoms with Crippen molar-refractivity contribution < 1.29 is 4.79 Å². The van der Waals surface area contributed by atoms with Crippen LogP contribution in [0, 0.1) is 5.92 Å². The smallest absolute Gasteiger partial charge is 0.135 e. The quantitative estimate of drug-likeness (QED) is 0.234. The standard InChI is InChI=1S/C22H44O/c1-4-7-9-10-11-12-13-14-15-16-17-18-20-22(23)21(6-3)19-8-5-2/h21H,4-20H2,1-3H3. The van der Waals surface area contributed by atoms with Crippen molar-refractivity contribution in [3.63, 3.8) is 0 Å². The molecule has 0 heterocycles. The SMILES string of the molecule is CCCCCCCCCCCCCCC(=O)C(CC)CCCC. The van der Waals surface area contributed by atoms with E-state index in [1.165, 1.54) is 83.5 Å². The largest absolute Gasteiger partial charge is 0.299 e. The maximum Gasteiger partial charge on any atom is 0.135 e. The summed E-state index contributed by atoms with van der Waals surface area (Å²) < 4.78 is 0. The Morgan fingerprint density at radius 2 is 1.04 bits per heavy atom. The predicted molar refractivity (Wildman–Crippen MR) is 104 cm³/mol. The van der Waals surface area contributed by atoms with Gasteiger partial charge < -0.3 is 0 Å². The molecule has 0 aliphatic heterocycles. The zero-order valence-corrected chi connectivity index (χ0v) is 16.5. The zero-order valence-electron chi connectivity index (χ0n) is 16.5. The lowest BCUT2D eigenvalue weighted by Gasteiger charge is -2.12.